The molecule has 1 fully saturated rings. The van der Waals surface area contributed by atoms with E-state index in [9.17, 15) is 26.4 Å². The Labute approximate surface area is 84.5 Å². The molecule has 1 aliphatic rings. The average Bonchev–Trinajstić information content (AvgIpc) is 1.71. The van der Waals surface area contributed by atoms with Gasteiger partial charge in [-0.15, -0.1) is 0 Å². The van der Waals surface area contributed by atoms with Gasteiger partial charge in [0, 0.05) is 6.42 Å². The molecule has 4 nitrogen and oxygen atoms in total. The van der Waals surface area contributed by atoms with Crippen LogP contribution in [0.25, 0.3) is 0 Å². The normalized spacial score (nSPS) is 30.2. The second-order valence-electron chi connectivity index (χ2n) is 3.90. The van der Waals surface area contributed by atoms with Gasteiger partial charge < -0.3 is 0 Å². The molecule has 0 aromatic heterocycles. The number of hydrogen-bond acceptors (Lipinski definition) is 4. The van der Waals surface area contributed by atoms with Gasteiger partial charge in [0.2, 0.25) is 5.25 Å². The van der Waals surface area contributed by atoms with Crippen molar-refractivity contribution in [2.24, 2.45) is 0 Å². The molecule has 1 heterocycles. The zero-order chi connectivity index (χ0) is 12.1. The van der Waals surface area contributed by atoms with Crippen molar-refractivity contribution in [3.8, 4) is 0 Å². The van der Waals surface area contributed by atoms with Gasteiger partial charge in [0.05, 0.1) is 5.60 Å². The van der Waals surface area contributed by atoms with Gasteiger partial charge in [-0.25, -0.2) is 0 Å². The Bertz CT molecular complexity index is 382. The molecule has 1 rings (SSSR count). The van der Waals surface area contributed by atoms with Gasteiger partial charge in [0.1, 0.15) is 0 Å². The van der Waals surface area contributed by atoms with E-state index in [1.807, 2.05) is 0 Å². The third kappa shape index (κ3) is 2.49. The summed E-state index contributed by atoms with van der Waals surface area (Å²) in [5.74, 6) is -1.38. The van der Waals surface area contributed by atoms with Crippen LogP contribution in [-0.2, 0) is 19.1 Å². The minimum absolute atomic E-state index is 0.573. The highest BCUT2D eigenvalue weighted by molar-refractivity contribution is 7.88. The van der Waals surface area contributed by atoms with Gasteiger partial charge in [0.25, 0.3) is 10.1 Å². The lowest BCUT2D eigenvalue weighted by Gasteiger charge is -2.33. The van der Waals surface area contributed by atoms with Crippen molar-refractivity contribution >= 4 is 15.9 Å². The van der Waals surface area contributed by atoms with E-state index in [0.717, 1.165) is 0 Å². The molecule has 0 aromatic rings. The first-order valence-electron chi connectivity index (χ1n) is 4.00. The van der Waals surface area contributed by atoms with E-state index < -0.39 is 39.3 Å². The molecular weight excluding hydrogens is 237 g/mol. The standard InChI is InChI=1S/C7H9F3O4S/c1-6(2)3-4(11)5(7(8,9)10)15(12,13)14-6/h5H,3H2,1-2H3. The number of halogens is 3. The lowest BCUT2D eigenvalue weighted by molar-refractivity contribution is -0.156. The van der Waals surface area contributed by atoms with Gasteiger partial charge in [-0.1, -0.05) is 0 Å². The second-order valence-corrected chi connectivity index (χ2v) is 5.52. The van der Waals surface area contributed by atoms with E-state index >= 15 is 0 Å². The molecule has 0 N–H and O–H groups in total. The minimum Gasteiger partial charge on any atom is -0.298 e. The monoisotopic (exact) mass is 246 g/mol. The Hall–Kier alpha value is -0.630. The molecule has 8 heteroatoms. The molecule has 1 saturated heterocycles. The maximum Gasteiger partial charge on any atom is 0.414 e. The summed E-state index contributed by atoms with van der Waals surface area (Å²) in [6.45, 7) is 2.49. The molecule has 0 radical (unpaired) electrons. The van der Waals surface area contributed by atoms with Crippen LogP contribution in [0.2, 0.25) is 0 Å². The van der Waals surface area contributed by atoms with Crippen LogP contribution in [0, 0.1) is 0 Å². The lowest BCUT2D eigenvalue weighted by atomic mass is 10.00. The number of ketones is 1. The van der Waals surface area contributed by atoms with E-state index in [2.05, 4.69) is 4.18 Å². The van der Waals surface area contributed by atoms with E-state index in [-0.39, 0.29) is 0 Å². The molecule has 0 aromatic carbocycles. The fourth-order valence-electron chi connectivity index (χ4n) is 1.41. The smallest absolute Gasteiger partial charge is 0.298 e. The first kappa shape index (κ1) is 12.4. The largest absolute Gasteiger partial charge is 0.414 e. The van der Waals surface area contributed by atoms with Crippen molar-refractivity contribution in [2.45, 2.75) is 37.3 Å². The minimum atomic E-state index is -5.12. The fraction of sp³-hybridized carbons (Fsp3) is 0.857. The molecule has 0 aliphatic carbocycles. The third-order valence-electron chi connectivity index (χ3n) is 1.82. The molecule has 15 heavy (non-hydrogen) atoms. The molecule has 0 spiro atoms. The first-order chi connectivity index (χ1) is 6.46. The number of Topliss-reactive ketones (excluding diaryl/α,β-unsaturated/α-hetero) is 1. The topological polar surface area (TPSA) is 60.4 Å². The molecular formula is C7H9F3O4S. The number of carbonyl (C=O) groups excluding carboxylic acids is 1. The molecule has 1 unspecified atom stereocenters. The third-order valence-corrected chi connectivity index (χ3v) is 3.61. The summed E-state index contributed by atoms with van der Waals surface area (Å²) in [5, 5.41) is -3.04. The van der Waals surface area contributed by atoms with Crippen LogP contribution in [0.1, 0.15) is 20.3 Å². The van der Waals surface area contributed by atoms with Crippen LogP contribution in [0.3, 0.4) is 0 Å². The molecule has 0 amide bonds. The summed E-state index contributed by atoms with van der Waals surface area (Å²) >= 11 is 0. The van der Waals surface area contributed by atoms with Crippen molar-refractivity contribution in [2.75, 3.05) is 0 Å². The van der Waals surface area contributed by atoms with E-state index in [4.69, 9.17) is 0 Å². The SMILES string of the molecule is CC1(C)CC(=O)C(C(F)(F)F)S(=O)(=O)O1. The lowest BCUT2D eigenvalue weighted by Crippen LogP contribution is -2.53. The second kappa shape index (κ2) is 3.18. The van der Waals surface area contributed by atoms with Crippen LogP contribution >= 0.6 is 0 Å². The zero-order valence-corrected chi connectivity index (χ0v) is 8.78. The Morgan fingerprint density at radius 2 is 1.87 bits per heavy atom. The summed E-state index contributed by atoms with van der Waals surface area (Å²) in [6, 6.07) is 0. The quantitative estimate of drug-likeness (QED) is 0.598. The highest BCUT2D eigenvalue weighted by Crippen LogP contribution is 2.36. The van der Waals surface area contributed by atoms with Crippen molar-refractivity contribution in [1.82, 2.24) is 0 Å². The van der Waals surface area contributed by atoms with Gasteiger partial charge in [-0.2, -0.15) is 21.6 Å². The summed E-state index contributed by atoms with van der Waals surface area (Å²) in [7, 11) is -4.91. The van der Waals surface area contributed by atoms with Crippen LogP contribution in [-0.4, -0.2) is 31.2 Å². The molecule has 0 bridgehead atoms. The number of carbonyl (C=O) groups is 1. The zero-order valence-electron chi connectivity index (χ0n) is 7.96. The number of hydrogen-bond donors (Lipinski definition) is 0. The van der Waals surface area contributed by atoms with Crippen molar-refractivity contribution in [1.29, 1.82) is 0 Å². The van der Waals surface area contributed by atoms with Crippen LogP contribution in [0.15, 0.2) is 0 Å². The summed E-state index contributed by atoms with van der Waals surface area (Å²) in [6.07, 6.45) is -5.69. The number of alkyl halides is 3. The Kier molecular flexibility index (Phi) is 2.64. The van der Waals surface area contributed by atoms with Crippen LogP contribution in [0.5, 0.6) is 0 Å². The fourth-order valence-corrected chi connectivity index (χ4v) is 2.93. The molecule has 1 atom stereocenters. The Morgan fingerprint density at radius 3 is 2.20 bits per heavy atom. The number of rotatable bonds is 0. The van der Waals surface area contributed by atoms with Crippen molar-refractivity contribution in [3.05, 3.63) is 0 Å². The van der Waals surface area contributed by atoms with Crippen molar-refractivity contribution in [3.63, 3.8) is 0 Å². The predicted octanol–water partition coefficient (Wildman–Crippen LogP) is 1.02. The highest BCUT2D eigenvalue weighted by atomic mass is 32.2. The summed E-state index contributed by atoms with van der Waals surface area (Å²) in [5.41, 5.74) is -1.41. The average molecular weight is 246 g/mol. The van der Waals surface area contributed by atoms with Gasteiger partial charge in [-0.05, 0) is 13.8 Å². The maximum absolute atomic E-state index is 12.3. The summed E-state index contributed by atoms with van der Waals surface area (Å²) in [4.78, 5) is 11.1. The van der Waals surface area contributed by atoms with Crippen LogP contribution in [0.4, 0.5) is 13.2 Å². The first-order valence-corrected chi connectivity index (χ1v) is 5.47. The van der Waals surface area contributed by atoms with E-state index in [0.29, 0.717) is 0 Å². The van der Waals surface area contributed by atoms with E-state index in [1.54, 1.807) is 0 Å². The Balaban J connectivity index is 3.18. The van der Waals surface area contributed by atoms with E-state index in [1.165, 1.54) is 13.8 Å². The Morgan fingerprint density at radius 1 is 1.40 bits per heavy atom. The van der Waals surface area contributed by atoms with Gasteiger partial charge in [0.15, 0.2) is 5.78 Å². The molecule has 88 valence electrons. The summed E-state index contributed by atoms with van der Waals surface area (Å²) < 4.78 is 63.3. The predicted molar refractivity (Wildman–Crippen MR) is 43.6 cm³/mol. The highest BCUT2D eigenvalue weighted by Gasteiger charge is 2.59. The van der Waals surface area contributed by atoms with Gasteiger partial charge >= 0.3 is 6.18 Å². The van der Waals surface area contributed by atoms with Gasteiger partial charge in [-0.3, -0.25) is 8.98 Å². The maximum atomic E-state index is 12.3. The molecule has 0 saturated carbocycles. The van der Waals surface area contributed by atoms with Crippen molar-refractivity contribution < 1.29 is 30.6 Å². The molecule has 1 aliphatic heterocycles. The van der Waals surface area contributed by atoms with Crippen LogP contribution < -0.4 is 0 Å².